The van der Waals surface area contributed by atoms with E-state index in [1.165, 1.54) is 6.20 Å². The Bertz CT molecular complexity index is 432. The molecule has 0 unspecified atom stereocenters. The molecule has 1 atom stereocenters. The average molecular weight is 254 g/mol. The zero-order valence-corrected chi connectivity index (χ0v) is 10.7. The maximum atomic E-state index is 10.7. The third kappa shape index (κ3) is 2.85. The van der Waals surface area contributed by atoms with Gasteiger partial charge in [-0.25, -0.2) is 0 Å². The van der Waals surface area contributed by atoms with Crippen LogP contribution in [0.2, 0.25) is 0 Å². The molecule has 1 aromatic heterocycles. The van der Waals surface area contributed by atoms with E-state index in [0.29, 0.717) is 12.2 Å². The molecule has 1 aliphatic heterocycles. The molecule has 0 N–H and O–H groups in total. The molecule has 100 valence electrons. The summed E-state index contributed by atoms with van der Waals surface area (Å²) in [7, 11) is 0. The molecule has 0 saturated carbocycles. The molecule has 0 radical (unpaired) electrons. The topological polar surface area (TPSA) is 73.4 Å². The Morgan fingerprint density at radius 1 is 1.61 bits per heavy atom. The standard InChI is InChI=1S/C11H18N4O3/c1-9-8-13(5-6-18-9)3-4-14-10(2)11(7-12-14)15(16)17/h7,9H,3-6,8H2,1-2H3/t9-/m1/s1. The van der Waals surface area contributed by atoms with Gasteiger partial charge in [0.25, 0.3) is 0 Å². The average Bonchev–Trinajstić information content (AvgIpc) is 2.68. The molecule has 1 saturated heterocycles. The molecular weight excluding hydrogens is 236 g/mol. The Labute approximate surface area is 105 Å². The van der Waals surface area contributed by atoms with Crippen molar-refractivity contribution in [2.45, 2.75) is 26.5 Å². The summed E-state index contributed by atoms with van der Waals surface area (Å²) in [6, 6.07) is 0. The number of hydrogen-bond acceptors (Lipinski definition) is 5. The molecule has 2 heterocycles. The Morgan fingerprint density at radius 2 is 2.39 bits per heavy atom. The lowest BCUT2D eigenvalue weighted by molar-refractivity contribution is -0.385. The monoisotopic (exact) mass is 254 g/mol. The summed E-state index contributed by atoms with van der Waals surface area (Å²) in [6.07, 6.45) is 1.57. The number of hydrogen-bond donors (Lipinski definition) is 0. The second kappa shape index (κ2) is 5.45. The van der Waals surface area contributed by atoms with E-state index in [9.17, 15) is 10.1 Å². The smallest absolute Gasteiger partial charge is 0.309 e. The van der Waals surface area contributed by atoms with E-state index in [2.05, 4.69) is 16.9 Å². The van der Waals surface area contributed by atoms with Crippen LogP contribution in [0.25, 0.3) is 0 Å². The van der Waals surface area contributed by atoms with Gasteiger partial charge in [-0.05, 0) is 13.8 Å². The summed E-state index contributed by atoms with van der Waals surface area (Å²) >= 11 is 0. The first kappa shape index (κ1) is 13.0. The molecular formula is C11H18N4O3. The van der Waals surface area contributed by atoms with E-state index in [-0.39, 0.29) is 11.8 Å². The van der Waals surface area contributed by atoms with E-state index in [0.717, 1.165) is 26.2 Å². The van der Waals surface area contributed by atoms with Gasteiger partial charge in [0.05, 0.1) is 24.2 Å². The first-order valence-electron chi connectivity index (χ1n) is 6.08. The molecule has 1 aromatic rings. The van der Waals surface area contributed by atoms with Crippen LogP contribution in [0.4, 0.5) is 5.69 Å². The van der Waals surface area contributed by atoms with Gasteiger partial charge >= 0.3 is 5.69 Å². The summed E-state index contributed by atoms with van der Waals surface area (Å²) in [6.45, 7) is 7.86. The van der Waals surface area contributed by atoms with Gasteiger partial charge in [-0.15, -0.1) is 0 Å². The summed E-state index contributed by atoms with van der Waals surface area (Å²) in [5.74, 6) is 0. The summed E-state index contributed by atoms with van der Waals surface area (Å²) in [5, 5.41) is 14.8. The normalized spacial score (nSPS) is 21.1. The molecule has 1 aliphatic rings. The molecule has 0 aromatic carbocycles. The van der Waals surface area contributed by atoms with E-state index in [4.69, 9.17) is 4.74 Å². The highest BCUT2D eigenvalue weighted by Crippen LogP contribution is 2.16. The second-order valence-electron chi connectivity index (χ2n) is 4.58. The number of rotatable bonds is 4. The van der Waals surface area contributed by atoms with Gasteiger partial charge in [-0.3, -0.25) is 19.7 Å². The summed E-state index contributed by atoms with van der Waals surface area (Å²) < 4.78 is 7.16. The third-order valence-corrected chi connectivity index (χ3v) is 3.23. The van der Waals surface area contributed by atoms with Crippen molar-refractivity contribution < 1.29 is 9.66 Å². The fourth-order valence-corrected chi connectivity index (χ4v) is 2.17. The van der Waals surface area contributed by atoms with Crippen LogP contribution in [-0.2, 0) is 11.3 Å². The maximum absolute atomic E-state index is 10.7. The van der Waals surface area contributed by atoms with Crippen molar-refractivity contribution in [1.82, 2.24) is 14.7 Å². The van der Waals surface area contributed by atoms with E-state index < -0.39 is 4.92 Å². The summed E-state index contributed by atoms with van der Waals surface area (Å²) in [5.41, 5.74) is 0.701. The highest BCUT2D eigenvalue weighted by atomic mass is 16.6. The minimum atomic E-state index is -0.393. The molecule has 1 fully saturated rings. The number of nitrogens with zero attached hydrogens (tertiary/aromatic N) is 4. The third-order valence-electron chi connectivity index (χ3n) is 3.23. The first-order chi connectivity index (χ1) is 8.58. The number of aromatic nitrogens is 2. The SMILES string of the molecule is Cc1c([N+](=O)[O-])cnn1CCN1CCO[C@H](C)C1. The van der Waals surface area contributed by atoms with Gasteiger partial charge < -0.3 is 4.74 Å². The zero-order chi connectivity index (χ0) is 13.1. The minimum Gasteiger partial charge on any atom is -0.376 e. The molecule has 0 aliphatic carbocycles. The van der Waals surface area contributed by atoms with Gasteiger partial charge in [0, 0.05) is 19.6 Å². The molecule has 7 heteroatoms. The van der Waals surface area contributed by atoms with Crippen LogP contribution in [0, 0.1) is 17.0 Å². The molecule has 0 amide bonds. The lowest BCUT2D eigenvalue weighted by atomic mass is 10.3. The second-order valence-corrected chi connectivity index (χ2v) is 4.58. The van der Waals surface area contributed by atoms with E-state index in [1.807, 2.05) is 0 Å². The van der Waals surface area contributed by atoms with Crippen molar-refractivity contribution in [3.63, 3.8) is 0 Å². The van der Waals surface area contributed by atoms with Crippen molar-refractivity contribution in [1.29, 1.82) is 0 Å². The maximum Gasteiger partial charge on any atom is 0.309 e. The van der Waals surface area contributed by atoms with Gasteiger partial charge in [-0.1, -0.05) is 0 Å². The van der Waals surface area contributed by atoms with Gasteiger partial charge in [-0.2, -0.15) is 5.10 Å². The van der Waals surface area contributed by atoms with Crippen molar-refractivity contribution in [2.75, 3.05) is 26.2 Å². The quantitative estimate of drug-likeness (QED) is 0.587. The highest BCUT2D eigenvalue weighted by molar-refractivity contribution is 5.31. The Hall–Kier alpha value is -1.47. The van der Waals surface area contributed by atoms with Crippen molar-refractivity contribution in [3.05, 3.63) is 22.0 Å². The fourth-order valence-electron chi connectivity index (χ4n) is 2.17. The zero-order valence-electron chi connectivity index (χ0n) is 10.7. The van der Waals surface area contributed by atoms with Crippen LogP contribution in [-0.4, -0.2) is 51.9 Å². The van der Waals surface area contributed by atoms with Crippen LogP contribution in [0.5, 0.6) is 0 Å². The molecule has 0 bridgehead atoms. The lowest BCUT2D eigenvalue weighted by Gasteiger charge is -2.30. The number of ether oxygens (including phenoxy) is 1. The Kier molecular flexibility index (Phi) is 3.93. The van der Waals surface area contributed by atoms with Crippen LogP contribution >= 0.6 is 0 Å². The lowest BCUT2D eigenvalue weighted by Crippen LogP contribution is -2.42. The van der Waals surface area contributed by atoms with Crippen LogP contribution < -0.4 is 0 Å². The highest BCUT2D eigenvalue weighted by Gasteiger charge is 2.19. The van der Waals surface area contributed by atoms with Gasteiger partial charge in [0.15, 0.2) is 0 Å². The Morgan fingerprint density at radius 3 is 3.00 bits per heavy atom. The molecule has 7 nitrogen and oxygen atoms in total. The van der Waals surface area contributed by atoms with Gasteiger partial charge in [0.1, 0.15) is 11.9 Å². The fraction of sp³-hybridized carbons (Fsp3) is 0.727. The van der Waals surface area contributed by atoms with E-state index >= 15 is 0 Å². The van der Waals surface area contributed by atoms with Crippen molar-refractivity contribution in [2.24, 2.45) is 0 Å². The van der Waals surface area contributed by atoms with Crippen molar-refractivity contribution in [3.8, 4) is 0 Å². The predicted octanol–water partition coefficient (Wildman–Crippen LogP) is 0.820. The van der Waals surface area contributed by atoms with Crippen LogP contribution in [0.3, 0.4) is 0 Å². The molecule has 18 heavy (non-hydrogen) atoms. The predicted molar refractivity (Wildman–Crippen MR) is 65.5 cm³/mol. The Balaban J connectivity index is 1.92. The van der Waals surface area contributed by atoms with Crippen molar-refractivity contribution >= 4 is 5.69 Å². The summed E-state index contributed by atoms with van der Waals surface area (Å²) in [4.78, 5) is 12.6. The van der Waals surface area contributed by atoms with E-state index in [1.54, 1.807) is 11.6 Å². The molecule has 0 spiro atoms. The van der Waals surface area contributed by atoms with Gasteiger partial charge in [0.2, 0.25) is 0 Å². The van der Waals surface area contributed by atoms with Crippen LogP contribution in [0.15, 0.2) is 6.20 Å². The van der Waals surface area contributed by atoms with Crippen LogP contribution in [0.1, 0.15) is 12.6 Å². The molecule has 2 rings (SSSR count). The number of morpholine rings is 1. The number of nitro groups is 1. The largest absolute Gasteiger partial charge is 0.376 e. The first-order valence-corrected chi connectivity index (χ1v) is 6.08. The minimum absolute atomic E-state index is 0.0883.